The smallest absolute Gasteiger partial charge is 0.326 e. The average molecular weight is 281 g/mol. The first-order valence-electron chi connectivity index (χ1n) is 6.11. The zero-order chi connectivity index (χ0) is 14.3. The maximum atomic E-state index is 10.8. The third-order valence-electron chi connectivity index (χ3n) is 2.88. The molecule has 0 radical (unpaired) electrons. The molecule has 0 fully saturated rings. The van der Waals surface area contributed by atoms with Gasteiger partial charge in [-0.1, -0.05) is 23.8 Å². The highest BCUT2D eigenvalue weighted by Crippen LogP contribution is 2.18. The molecule has 1 unspecified atom stereocenters. The molecule has 0 saturated heterocycles. The molecule has 0 aliphatic heterocycles. The Morgan fingerprint density at radius 2 is 2.21 bits per heavy atom. The molecule has 1 aromatic carbocycles. The van der Waals surface area contributed by atoms with Crippen LogP contribution in [0.4, 0.5) is 0 Å². The second kappa shape index (κ2) is 7.84. The fourth-order valence-corrected chi connectivity index (χ4v) is 2.78. The minimum absolute atomic E-state index is 0.434. The Labute approximate surface area is 117 Å². The highest BCUT2D eigenvalue weighted by atomic mass is 32.2. The molecule has 0 saturated carbocycles. The molecular formula is C14H19NO3S. The van der Waals surface area contributed by atoms with Gasteiger partial charge in [0.25, 0.3) is 0 Å². The Kier molecular flexibility index (Phi) is 6.42. The summed E-state index contributed by atoms with van der Waals surface area (Å²) in [5.41, 5.74) is 3.76. The number of carbonyl (C=O) groups excluding carboxylic acids is 1. The van der Waals surface area contributed by atoms with Crippen molar-refractivity contribution in [1.29, 1.82) is 0 Å². The van der Waals surface area contributed by atoms with Crippen LogP contribution in [-0.2, 0) is 15.3 Å². The van der Waals surface area contributed by atoms with E-state index in [1.54, 1.807) is 11.8 Å². The number of aliphatic carboxylic acids is 1. The molecule has 4 nitrogen and oxygen atoms in total. The van der Waals surface area contributed by atoms with Gasteiger partial charge in [0.05, 0.1) is 0 Å². The third-order valence-corrected chi connectivity index (χ3v) is 3.92. The Morgan fingerprint density at radius 1 is 1.47 bits per heavy atom. The van der Waals surface area contributed by atoms with Crippen molar-refractivity contribution < 1.29 is 14.7 Å². The molecule has 19 heavy (non-hydrogen) atoms. The molecule has 1 aromatic rings. The summed E-state index contributed by atoms with van der Waals surface area (Å²) in [5.74, 6) is 0.575. The topological polar surface area (TPSA) is 66.4 Å². The van der Waals surface area contributed by atoms with E-state index in [0.717, 1.165) is 5.75 Å². The predicted octanol–water partition coefficient (Wildman–Crippen LogP) is 2.13. The molecule has 0 aromatic heterocycles. The van der Waals surface area contributed by atoms with Gasteiger partial charge >= 0.3 is 5.97 Å². The molecule has 104 valence electrons. The summed E-state index contributed by atoms with van der Waals surface area (Å²) in [6, 6.07) is 5.54. The fourth-order valence-electron chi connectivity index (χ4n) is 1.70. The van der Waals surface area contributed by atoms with Crippen LogP contribution in [-0.4, -0.2) is 29.3 Å². The summed E-state index contributed by atoms with van der Waals surface area (Å²) in [6.45, 7) is 4.13. The van der Waals surface area contributed by atoms with Crippen molar-refractivity contribution in [3.05, 3.63) is 34.9 Å². The average Bonchev–Trinajstić information content (AvgIpc) is 2.36. The zero-order valence-electron chi connectivity index (χ0n) is 11.2. The van der Waals surface area contributed by atoms with Crippen molar-refractivity contribution in [2.24, 2.45) is 0 Å². The highest BCUT2D eigenvalue weighted by Gasteiger charge is 2.15. The third kappa shape index (κ3) is 5.34. The van der Waals surface area contributed by atoms with Crippen LogP contribution in [0.25, 0.3) is 0 Å². The van der Waals surface area contributed by atoms with Crippen LogP contribution in [0.3, 0.4) is 0 Å². The predicted molar refractivity (Wildman–Crippen MR) is 77.3 cm³/mol. The van der Waals surface area contributed by atoms with Crippen LogP contribution in [0, 0.1) is 13.8 Å². The van der Waals surface area contributed by atoms with Crippen LogP contribution in [0.1, 0.15) is 23.1 Å². The summed E-state index contributed by atoms with van der Waals surface area (Å²) in [5, 5.41) is 11.2. The van der Waals surface area contributed by atoms with Crippen LogP contribution in [0.2, 0.25) is 0 Å². The normalized spacial score (nSPS) is 11.9. The monoisotopic (exact) mass is 281 g/mol. The van der Waals surface area contributed by atoms with Crippen molar-refractivity contribution in [2.75, 3.05) is 5.75 Å². The van der Waals surface area contributed by atoms with Gasteiger partial charge in [-0.3, -0.25) is 4.79 Å². The minimum Gasteiger partial charge on any atom is -0.480 e. The lowest BCUT2D eigenvalue weighted by Crippen LogP contribution is -2.36. The Hall–Kier alpha value is -1.49. The van der Waals surface area contributed by atoms with E-state index in [4.69, 9.17) is 5.11 Å². The standard InChI is InChI=1S/C14H19NO3S/c1-10-3-4-11(2)12(7-10)8-19-6-5-13(14(17)18)15-9-16/h3-4,7,9,13H,5-6,8H2,1-2H3,(H,15,16)(H,17,18). The maximum absolute atomic E-state index is 10.8. The first-order valence-corrected chi connectivity index (χ1v) is 7.26. The summed E-state index contributed by atoms with van der Waals surface area (Å²) in [6.07, 6.45) is 0.873. The van der Waals surface area contributed by atoms with E-state index in [0.29, 0.717) is 18.6 Å². The van der Waals surface area contributed by atoms with Crippen LogP contribution >= 0.6 is 11.8 Å². The number of hydrogen-bond acceptors (Lipinski definition) is 3. The van der Waals surface area contributed by atoms with Gasteiger partial charge in [0.1, 0.15) is 6.04 Å². The second-order valence-electron chi connectivity index (χ2n) is 4.45. The molecule has 0 aliphatic rings. The van der Waals surface area contributed by atoms with Crippen molar-refractivity contribution in [3.8, 4) is 0 Å². The molecule has 5 heteroatoms. The summed E-state index contributed by atoms with van der Waals surface area (Å²) < 4.78 is 0. The fraction of sp³-hybridized carbons (Fsp3) is 0.429. The number of thioether (sulfide) groups is 1. The van der Waals surface area contributed by atoms with Crippen molar-refractivity contribution in [3.63, 3.8) is 0 Å². The van der Waals surface area contributed by atoms with Crippen LogP contribution in [0.15, 0.2) is 18.2 Å². The first kappa shape index (κ1) is 15.6. The van der Waals surface area contributed by atoms with Gasteiger partial charge in [0, 0.05) is 5.75 Å². The van der Waals surface area contributed by atoms with Gasteiger partial charge < -0.3 is 10.4 Å². The number of nitrogens with one attached hydrogen (secondary N) is 1. The molecule has 1 atom stereocenters. The Bertz CT molecular complexity index is 448. The van der Waals surface area contributed by atoms with Crippen LogP contribution < -0.4 is 5.32 Å². The SMILES string of the molecule is Cc1ccc(C)c(CSCCC(NC=O)C(=O)O)c1. The summed E-state index contributed by atoms with van der Waals surface area (Å²) >= 11 is 1.68. The summed E-state index contributed by atoms with van der Waals surface area (Å²) in [7, 11) is 0. The number of carboxylic acids is 1. The van der Waals surface area contributed by atoms with Gasteiger partial charge in [0.2, 0.25) is 6.41 Å². The van der Waals surface area contributed by atoms with Gasteiger partial charge in [-0.2, -0.15) is 11.8 Å². The Morgan fingerprint density at radius 3 is 2.84 bits per heavy atom. The quantitative estimate of drug-likeness (QED) is 0.566. The molecule has 1 rings (SSSR count). The molecule has 2 N–H and O–H groups in total. The molecule has 0 aliphatic carbocycles. The number of carbonyl (C=O) groups is 2. The second-order valence-corrected chi connectivity index (χ2v) is 5.55. The number of rotatable bonds is 8. The van der Waals surface area contributed by atoms with Gasteiger partial charge in [-0.15, -0.1) is 0 Å². The Balaban J connectivity index is 2.39. The van der Waals surface area contributed by atoms with E-state index in [2.05, 4.69) is 37.4 Å². The van der Waals surface area contributed by atoms with E-state index in [9.17, 15) is 9.59 Å². The van der Waals surface area contributed by atoms with Crippen molar-refractivity contribution in [2.45, 2.75) is 32.1 Å². The number of hydrogen-bond donors (Lipinski definition) is 2. The van der Waals surface area contributed by atoms with Gasteiger partial charge in [-0.05, 0) is 37.1 Å². The van der Waals surface area contributed by atoms with E-state index < -0.39 is 12.0 Å². The van der Waals surface area contributed by atoms with E-state index in [1.807, 2.05) is 0 Å². The first-order chi connectivity index (χ1) is 9.04. The van der Waals surface area contributed by atoms with E-state index in [-0.39, 0.29) is 0 Å². The van der Waals surface area contributed by atoms with E-state index >= 15 is 0 Å². The zero-order valence-corrected chi connectivity index (χ0v) is 12.0. The molecular weight excluding hydrogens is 262 g/mol. The number of aryl methyl sites for hydroxylation is 2. The minimum atomic E-state index is -0.987. The molecule has 0 spiro atoms. The number of amides is 1. The van der Waals surface area contributed by atoms with Gasteiger partial charge in [0.15, 0.2) is 0 Å². The van der Waals surface area contributed by atoms with Crippen molar-refractivity contribution in [1.82, 2.24) is 5.32 Å². The largest absolute Gasteiger partial charge is 0.480 e. The summed E-state index contributed by atoms with van der Waals surface area (Å²) in [4.78, 5) is 21.1. The lowest BCUT2D eigenvalue weighted by atomic mass is 10.1. The maximum Gasteiger partial charge on any atom is 0.326 e. The molecule has 1 amide bonds. The van der Waals surface area contributed by atoms with Gasteiger partial charge in [-0.25, -0.2) is 4.79 Å². The molecule has 0 bridgehead atoms. The number of carboxylic acid groups (broad SMARTS) is 1. The van der Waals surface area contributed by atoms with Crippen molar-refractivity contribution >= 4 is 24.1 Å². The highest BCUT2D eigenvalue weighted by molar-refractivity contribution is 7.98. The van der Waals surface area contributed by atoms with Crippen LogP contribution in [0.5, 0.6) is 0 Å². The molecule has 0 heterocycles. The lowest BCUT2D eigenvalue weighted by molar-refractivity contribution is -0.140. The van der Waals surface area contributed by atoms with E-state index in [1.165, 1.54) is 16.7 Å². The number of benzene rings is 1. The lowest BCUT2D eigenvalue weighted by Gasteiger charge is -2.11.